The van der Waals surface area contributed by atoms with Gasteiger partial charge in [-0.3, -0.25) is 4.79 Å². The molecule has 0 unspecified atom stereocenters. The molecule has 160 valence electrons. The molecule has 0 bridgehead atoms. The Hall–Kier alpha value is -3.54. The fourth-order valence-electron chi connectivity index (χ4n) is 3.69. The highest BCUT2D eigenvalue weighted by Crippen LogP contribution is 2.35. The molecule has 0 aliphatic carbocycles. The number of hydrogen-bond acceptors (Lipinski definition) is 4. The van der Waals surface area contributed by atoms with Crippen molar-refractivity contribution < 1.29 is 18.7 Å². The van der Waals surface area contributed by atoms with Crippen molar-refractivity contribution in [1.82, 2.24) is 5.32 Å². The van der Waals surface area contributed by atoms with E-state index in [-0.39, 0.29) is 17.8 Å². The lowest BCUT2D eigenvalue weighted by atomic mass is 10.1. The van der Waals surface area contributed by atoms with Gasteiger partial charge < -0.3 is 19.7 Å². The molecule has 6 heteroatoms. The molecule has 5 nitrogen and oxygen atoms in total. The summed E-state index contributed by atoms with van der Waals surface area (Å²) in [5.41, 5.74) is 2.91. The van der Waals surface area contributed by atoms with Crippen molar-refractivity contribution in [3.05, 3.63) is 89.7 Å². The zero-order valence-corrected chi connectivity index (χ0v) is 17.4. The number of anilines is 1. The zero-order valence-electron chi connectivity index (χ0n) is 17.4. The molecular formula is C25H25FN2O3. The third-order valence-electron chi connectivity index (χ3n) is 5.38. The molecule has 0 fully saturated rings. The number of fused-ring (bicyclic) bond motifs is 1. The predicted molar refractivity (Wildman–Crippen MR) is 118 cm³/mol. The minimum atomic E-state index is -0.263. The lowest BCUT2D eigenvalue weighted by Gasteiger charge is -2.38. The Morgan fingerprint density at radius 2 is 1.77 bits per heavy atom. The summed E-state index contributed by atoms with van der Waals surface area (Å²) in [5.74, 6) is 1.26. The zero-order chi connectivity index (χ0) is 21.6. The minimum Gasteiger partial charge on any atom is -0.497 e. The minimum absolute atomic E-state index is 0.0482. The Kier molecular flexibility index (Phi) is 6.36. The van der Waals surface area contributed by atoms with E-state index in [2.05, 4.69) is 10.2 Å². The van der Waals surface area contributed by atoms with Gasteiger partial charge in [0.15, 0.2) is 0 Å². The molecule has 0 radical (unpaired) electrons. The summed E-state index contributed by atoms with van der Waals surface area (Å²) >= 11 is 0. The van der Waals surface area contributed by atoms with E-state index < -0.39 is 0 Å². The monoisotopic (exact) mass is 420 g/mol. The highest BCUT2D eigenvalue weighted by Gasteiger charge is 2.29. The molecule has 0 saturated carbocycles. The van der Waals surface area contributed by atoms with Crippen LogP contribution in [-0.2, 0) is 17.9 Å². The van der Waals surface area contributed by atoms with E-state index in [4.69, 9.17) is 9.47 Å². The van der Waals surface area contributed by atoms with Crippen LogP contribution >= 0.6 is 0 Å². The fourth-order valence-corrected chi connectivity index (χ4v) is 3.69. The maximum Gasteiger partial charge on any atom is 0.222 e. The van der Waals surface area contributed by atoms with Crippen molar-refractivity contribution >= 4 is 11.6 Å². The number of methoxy groups -OCH3 is 1. The smallest absolute Gasteiger partial charge is 0.222 e. The Bertz CT molecular complexity index is 1020. The van der Waals surface area contributed by atoms with Crippen LogP contribution in [0.2, 0.25) is 0 Å². The molecule has 1 amide bonds. The highest BCUT2D eigenvalue weighted by atomic mass is 19.1. The van der Waals surface area contributed by atoms with E-state index in [1.165, 1.54) is 12.1 Å². The first-order chi connectivity index (χ1) is 15.1. The number of carbonyl (C=O) groups excluding carboxylic acids is 1. The molecular weight excluding hydrogens is 395 g/mol. The third-order valence-corrected chi connectivity index (χ3v) is 5.38. The molecule has 1 aliphatic rings. The first-order valence-corrected chi connectivity index (χ1v) is 10.2. The van der Waals surface area contributed by atoms with Crippen LogP contribution in [0.1, 0.15) is 17.5 Å². The molecule has 1 heterocycles. The normalized spacial score (nSPS) is 15.0. The number of carbonyl (C=O) groups is 1. The molecule has 1 atom stereocenters. The number of hydrogen-bond donors (Lipinski definition) is 1. The molecule has 0 spiro atoms. The molecule has 3 aromatic rings. The lowest BCUT2D eigenvalue weighted by molar-refractivity contribution is -0.121. The van der Waals surface area contributed by atoms with E-state index in [1.54, 1.807) is 19.2 Å². The fraction of sp³-hybridized carbons (Fsp3) is 0.240. The van der Waals surface area contributed by atoms with Gasteiger partial charge in [0.1, 0.15) is 23.9 Å². The number of rotatable bonds is 7. The Labute approximate surface area is 181 Å². The van der Waals surface area contributed by atoms with Crippen LogP contribution in [0, 0.1) is 5.82 Å². The summed E-state index contributed by atoms with van der Waals surface area (Å²) in [6.07, 6.45) is 0.297. The van der Waals surface area contributed by atoms with E-state index in [0.29, 0.717) is 26.1 Å². The van der Waals surface area contributed by atoms with Gasteiger partial charge in [0, 0.05) is 13.1 Å². The van der Waals surface area contributed by atoms with Crippen molar-refractivity contribution in [2.45, 2.75) is 25.6 Å². The van der Waals surface area contributed by atoms with Crippen molar-refractivity contribution in [1.29, 1.82) is 0 Å². The second kappa shape index (κ2) is 9.51. The predicted octanol–water partition coefficient (Wildman–Crippen LogP) is 4.31. The molecule has 31 heavy (non-hydrogen) atoms. The number of benzene rings is 3. The van der Waals surface area contributed by atoms with Crippen LogP contribution in [-0.4, -0.2) is 25.7 Å². The van der Waals surface area contributed by atoms with E-state index in [9.17, 15) is 9.18 Å². The first kappa shape index (κ1) is 20.7. The number of nitrogens with one attached hydrogen (secondary N) is 1. The molecule has 0 saturated heterocycles. The van der Waals surface area contributed by atoms with Crippen molar-refractivity contribution in [2.75, 3.05) is 18.6 Å². The van der Waals surface area contributed by atoms with Crippen LogP contribution in [0.3, 0.4) is 0 Å². The Morgan fingerprint density at radius 1 is 1.06 bits per heavy atom. The van der Waals surface area contributed by atoms with Crippen molar-refractivity contribution in [3.8, 4) is 11.5 Å². The molecule has 4 rings (SSSR count). The van der Waals surface area contributed by atoms with Gasteiger partial charge in [-0.15, -0.1) is 0 Å². The van der Waals surface area contributed by atoms with Gasteiger partial charge in [-0.1, -0.05) is 36.4 Å². The van der Waals surface area contributed by atoms with Gasteiger partial charge in [0.25, 0.3) is 0 Å². The topological polar surface area (TPSA) is 50.8 Å². The van der Waals surface area contributed by atoms with Gasteiger partial charge in [-0.25, -0.2) is 4.39 Å². The van der Waals surface area contributed by atoms with Gasteiger partial charge >= 0.3 is 0 Å². The van der Waals surface area contributed by atoms with Gasteiger partial charge in [0.2, 0.25) is 5.91 Å². The summed E-state index contributed by atoms with van der Waals surface area (Å²) < 4.78 is 24.4. The van der Waals surface area contributed by atoms with E-state index >= 15 is 0 Å². The summed E-state index contributed by atoms with van der Waals surface area (Å²) in [5, 5.41) is 2.99. The quantitative estimate of drug-likeness (QED) is 0.619. The molecule has 0 aromatic heterocycles. The average molecular weight is 420 g/mol. The van der Waals surface area contributed by atoms with Crippen LogP contribution < -0.4 is 19.7 Å². The summed E-state index contributed by atoms with van der Waals surface area (Å²) in [7, 11) is 1.62. The third kappa shape index (κ3) is 5.15. The van der Waals surface area contributed by atoms with Crippen LogP contribution in [0.25, 0.3) is 0 Å². The molecule has 1 aliphatic heterocycles. The SMILES string of the molecule is COc1ccc(CNC(=O)C[C@H]2COc3ccccc3N2Cc2ccc(F)cc2)cc1. The average Bonchev–Trinajstić information content (AvgIpc) is 2.81. The second-order valence-electron chi connectivity index (χ2n) is 7.52. The van der Waals surface area contributed by atoms with E-state index in [1.807, 2.05) is 48.5 Å². The van der Waals surface area contributed by atoms with Crippen molar-refractivity contribution in [2.24, 2.45) is 0 Å². The Morgan fingerprint density at radius 3 is 2.52 bits per heavy atom. The number of halogens is 1. The number of para-hydroxylation sites is 2. The summed E-state index contributed by atoms with van der Waals surface area (Å²) in [6, 6.07) is 21.7. The first-order valence-electron chi connectivity index (χ1n) is 10.2. The van der Waals surface area contributed by atoms with E-state index in [0.717, 1.165) is 28.3 Å². The van der Waals surface area contributed by atoms with Crippen LogP contribution in [0.4, 0.5) is 10.1 Å². The van der Waals surface area contributed by atoms with Gasteiger partial charge in [-0.2, -0.15) is 0 Å². The maximum atomic E-state index is 13.3. The molecule has 3 aromatic carbocycles. The number of nitrogens with zero attached hydrogens (tertiary/aromatic N) is 1. The highest BCUT2D eigenvalue weighted by molar-refractivity contribution is 5.77. The van der Waals surface area contributed by atoms with Crippen LogP contribution in [0.5, 0.6) is 11.5 Å². The molecule has 1 N–H and O–H groups in total. The Balaban J connectivity index is 1.44. The summed E-state index contributed by atoms with van der Waals surface area (Å²) in [6.45, 7) is 1.43. The standard InChI is InChI=1S/C25H25FN2O3/c1-30-22-12-8-18(9-13-22)15-27-25(29)14-21-17-31-24-5-3-2-4-23(24)28(21)16-19-6-10-20(26)11-7-19/h2-13,21H,14-17H2,1H3,(H,27,29)/t21-/m0/s1. The van der Waals surface area contributed by atoms with Gasteiger partial charge in [0.05, 0.1) is 25.3 Å². The second-order valence-corrected chi connectivity index (χ2v) is 7.52. The number of ether oxygens (including phenoxy) is 2. The van der Waals surface area contributed by atoms with Gasteiger partial charge in [-0.05, 0) is 47.5 Å². The largest absolute Gasteiger partial charge is 0.497 e. The van der Waals surface area contributed by atoms with Crippen molar-refractivity contribution in [3.63, 3.8) is 0 Å². The lowest BCUT2D eigenvalue weighted by Crippen LogP contribution is -2.45. The number of amides is 1. The van der Waals surface area contributed by atoms with Crippen LogP contribution in [0.15, 0.2) is 72.8 Å². The summed E-state index contributed by atoms with van der Waals surface area (Å²) in [4.78, 5) is 14.9. The maximum absolute atomic E-state index is 13.3.